The fourth-order valence-electron chi connectivity index (χ4n) is 4.00. The van der Waals surface area contributed by atoms with E-state index in [9.17, 15) is 9.59 Å². The van der Waals surface area contributed by atoms with Crippen molar-refractivity contribution in [3.63, 3.8) is 0 Å². The monoisotopic (exact) mass is 397 g/mol. The highest BCUT2D eigenvalue weighted by atomic mass is 16.2. The average Bonchev–Trinajstić information content (AvgIpc) is 3.30. The number of imidazole rings is 1. The minimum atomic E-state index is -0.142. The molecule has 9 nitrogen and oxygen atoms in total. The molecule has 1 aliphatic heterocycles. The fourth-order valence-corrected chi connectivity index (χ4v) is 4.00. The van der Waals surface area contributed by atoms with Crippen LogP contribution in [-0.4, -0.2) is 53.2 Å². The van der Waals surface area contributed by atoms with Gasteiger partial charge in [-0.15, -0.1) is 0 Å². The van der Waals surface area contributed by atoms with Crippen LogP contribution < -0.4 is 5.69 Å². The van der Waals surface area contributed by atoms with Gasteiger partial charge in [0.25, 0.3) is 5.91 Å². The number of rotatable bonds is 3. The molecule has 0 radical (unpaired) electrons. The summed E-state index contributed by atoms with van der Waals surface area (Å²) in [6, 6.07) is 3.98. The van der Waals surface area contributed by atoms with Gasteiger partial charge in [0.1, 0.15) is 6.33 Å². The molecule has 29 heavy (non-hydrogen) atoms. The molecule has 1 aliphatic rings. The second-order valence-corrected chi connectivity index (χ2v) is 8.99. The maximum atomic E-state index is 12.7. The first kappa shape index (κ1) is 19.4. The summed E-state index contributed by atoms with van der Waals surface area (Å²) in [5.41, 5.74) is 2.39. The largest absolute Gasteiger partial charge is 0.335 e. The summed E-state index contributed by atoms with van der Waals surface area (Å²) in [7, 11) is 1.77. The first-order valence-corrected chi connectivity index (χ1v) is 9.95. The highest BCUT2D eigenvalue weighted by Gasteiger charge is 2.28. The first-order valence-electron chi connectivity index (χ1n) is 9.95. The second kappa shape index (κ2) is 7.13. The molecule has 1 atom stereocenters. The number of fused-ring (bicyclic) bond motifs is 1. The van der Waals surface area contributed by atoms with Gasteiger partial charge in [-0.1, -0.05) is 20.8 Å². The Bertz CT molecular complexity index is 1090. The number of hydrogen-bond donors (Lipinski definition) is 1. The fraction of sp³-hybridized carbons (Fsp3) is 0.550. The van der Waals surface area contributed by atoms with Crippen LogP contribution in [0.1, 0.15) is 55.8 Å². The van der Waals surface area contributed by atoms with Gasteiger partial charge in [0.05, 0.1) is 5.52 Å². The first-order chi connectivity index (χ1) is 13.7. The molecule has 0 aromatic carbocycles. The number of carbonyl (C=O) groups excluding carboxylic acids is 1. The Balaban J connectivity index is 1.63. The van der Waals surface area contributed by atoms with E-state index in [2.05, 4.69) is 36.0 Å². The van der Waals surface area contributed by atoms with Crippen LogP contribution in [0.5, 0.6) is 0 Å². The summed E-state index contributed by atoms with van der Waals surface area (Å²) in [6.45, 7) is 8.24. The molecular formula is C20H27N7O2. The predicted molar refractivity (Wildman–Crippen MR) is 109 cm³/mol. The van der Waals surface area contributed by atoms with Gasteiger partial charge in [-0.05, 0) is 30.4 Å². The Labute approximate surface area is 168 Å². The molecule has 3 aromatic rings. The van der Waals surface area contributed by atoms with Gasteiger partial charge in [-0.25, -0.2) is 14.8 Å². The van der Waals surface area contributed by atoms with Gasteiger partial charge in [0.2, 0.25) is 5.82 Å². The third-order valence-corrected chi connectivity index (χ3v) is 5.38. The van der Waals surface area contributed by atoms with E-state index in [1.807, 2.05) is 12.1 Å². The zero-order valence-electron chi connectivity index (χ0n) is 17.3. The minimum absolute atomic E-state index is 0.0122. The third-order valence-electron chi connectivity index (χ3n) is 5.38. The van der Waals surface area contributed by atoms with Gasteiger partial charge < -0.3 is 4.90 Å². The SMILES string of the molecule is Cn1c(=O)n(CC(C)(C)C)c2ccc(C3CCCN(C(=O)c4ncn[nH]4)C3)nc21. The van der Waals surface area contributed by atoms with Gasteiger partial charge in [-0.2, -0.15) is 5.10 Å². The Morgan fingerprint density at radius 2 is 2.10 bits per heavy atom. The molecule has 0 saturated carbocycles. The molecule has 1 fully saturated rings. The summed E-state index contributed by atoms with van der Waals surface area (Å²) < 4.78 is 3.41. The number of aromatic amines is 1. The summed E-state index contributed by atoms with van der Waals surface area (Å²) in [5.74, 6) is 0.244. The van der Waals surface area contributed by atoms with E-state index in [0.717, 1.165) is 24.1 Å². The number of pyridine rings is 1. The lowest BCUT2D eigenvalue weighted by Crippen LogP contribution is -2.39. The van der Waals surface area contributed by atoms with Crippen LogP contribution in [0.25, 0.3) is 11.2 Å². The zero-order chi connectivity index (χ0) is 20.8. The molecule has 154 valence electrons. The third kappa shape index (κ3) is 3.68. The molecule has 0 aliphatic carbocycles. The summed E-state index contributed by atoms with van der Waals surface area (Å²) in [6.07, 6.45) is 3.19. The van der Waals surface area contributed by atoms with Crippen molar-refractivity contribution in [2.75, 3.05) is 13.1 Å². The molecule has 4 heterocycles. The number of nitrogens with zero attached hydrogens (tertiary/aromatic N) is 6. The maximum Gasteiger partial charge on any atom is 0.330 e. The predicted octanol–water partition coefficient (Wildman–Crippen LogP) is 1.92. The minimum Gasteiger partial charge on any atom is -0.335 e. The van der Waals surface area contributed by atoms with Crippen molar-refractivity contribution in [2.45, 2.75) is 46.1 Å². The number of aromatic nitrogens is 6. The molecule has 0 spiro atoms. The van der Waals surface area contributed by atoms with E-state index in [1.165, 1.54) is 6.33 Å². The highest BCUT2D eigenvalue weighted by Crippen LogP contribution is 2.28. The lowest BCUT2D eigenvalue weighted by atomic mass is 9.94. The topological polar surface area (TPSA) is 102 Å². The van der Waals surface area contributed by atoms with Crippen LogP contribution in [0.3, 0.4) is 0 Å². The van der Waals surface area contributed by atoms with Crippen LogP contribution in [0.4, 0.5) is 0 Å². The van der Waals surface area contributed by atoms with Gasteiger partial charge in [0.15, 0.2) is 5.65 Å². The normalized spacial score (nSPS) is 17.8. The van der Waals surface area contributed by atoms with Crippen molar-refractivity contribution in [1.29, 1.82) is 0 Å². The standard InChI is InChI=1S/C20H27N7O2/c1-20(2,3)11-27-15-8-7-14(23-17(15)25(4)19(27)29)13-6-5-9-26(10-13)18(28)16-21-12-22-24-16/h7-8,12-13H,5-6,9-11H2,1-4H3,(H,21,22,24). The van der Waals surface area contributed by atoms with Crippen LogP contribution >= 0.6 is 0 Å². The molecule has 1 saturated heterocycles. The van der Waals surface area contributed by atoms with E-state index in [1.54, 1.807) is 21.1 Å². The summed E-state index contributed by atoms with van der Waals surface area (Å²) >= 11 is 0. The molecule has 1 N–H and O–H groups in total. The van der Waals surface area contributed by atoms with Crippen molar-refractivity contribution in [1.82, 2.24) is 34.2 Å². The average molecular weight is 397 g/mol. The van der Waals surface area contributed by atoms with Crippen LogP contribution in [-0.2, 0) is 13.6 Å². The van der Waals surface area contributed by atoms with Gasteiger partial charge >= 0.3 is 5.69 Å². The van der Waals surface area contributed by atoms with E-state index in [4.69, 9.17) is 4.98 Å². The molecule has 1 unspecified atom stereocenters. The zero-order valence-corrected chi connectivity index (χ0v) is 17.3. The van der Waals surface area contributed by atoms with Crippen LogP contribution in [0.15, 0.2) is 23.3 Å². The number of aryl methyl sites for hydroxylation is 1. The summed E-state index contributed by atoms with van der Waals surface area (Å²) in [5, 5.41) is 6.40. The van der Waals surface area contributed by atoms with E-state index in [-0.39, 0.29) is 28.8 Å². The van der Waals surface area contributed by atoms with Crippen molar-refractivity contribution >= 4 is 17.1 Å². The smallest absolute Gasteiger partial charge is 0.330 e. The van der Waals surface area contributed by atoms with Crippen molar-refractivity contribution in [3.8, 4) is 0 Å². The van der Waals surface area contributed by atoms with Gasteiger partial charge in [0, 0.05) is 38.3 Å². The second-order valence-electron chi connectivity index (χ2n) is 8.99. The number of H-pyrrole nitrogens is 1. The molecule has 9 heteroatoms. The lowest BCUT2D eigenvalue weighted by molar-refractivity contribution is 0.0694. The Morgan fingerprint density at radius 1 is 1.31 bits per heavy atom. The Hall–Kier alpha value is -2.97. The summed E-state index contributed by atoms with van der Waals surface area (Å²) in [4.78, 5) is 36.0. The Kier molecular flexibility index (Phi) is 4.76. The highest BCUT2D eigenvalue weighted by molar-refractivity contribution is 5.90. The van der Waals surface area contributed by atoms with Crippen LogP contribution in [0, 0.1) is 5.41 Å². The number of nitrogens with one attached hydrogen (secondary N) is 1. The molecule has 0 bridgehead atoms. The van der Waals surface area contributed by atoms with Crippen molar-refractivity contribution in [3.05, 3.63) is 40.5 Å². The number of carbonyl (C=O) groups is 1. The Morgan fingerprint density at radius 3 is 2.79 bits per heavy atom. The van der Waals surface area contributed by atoms with E-state index in [0.29, 0.717) is 25.3 Å². The van der Waals surface area contributed by atoms with Crippen molar-refractivity contribution < 1.29 is 4.79 Å². The molecular weight excluding hydrogens is 370 g/mol. The number of piperidine rings is 1. The molecule has 3 aromatic heterocycles. The van der Waals surface area contributed by atoms with E-state index >= 15 is 0 Å². The quantitative estimate of drug-likeness (QED) is 0.727. The number of hydrogen-bond acceptors (Lipinski definition) is 5. The van der Waals surface area contributed by atoms with E-state index < -0.39 is 0 Å². The molecule has 1 amide bonds. The maximum absolute atomic E-state index is 12.7. The van der Waals surface area contributed by atoms with Gasteiger partial charge in [-0.3, -0.25) is 19.0 Å². The molecule has 4 rings (SSSR count). The number of likely N-dealkylation sites (tertiary alicyclic amines) is 1. The van der Waals surface area contributed by atoms with Crippen molar-refractivity contribution in [2.24, 2.45) is 12.5 Å². The lowest BCUT2D eigenvalue weighted by Gasteiger charge is -2.31. The number of amides is 1. The van der Waals surface area contributed by atoms with Crippen LogP contribution in [0.2, 0.25) is 0 Å².